The molecule has 1 atom stereocenters. The minimum absolute atomic E-state index is 0. The van der Waals surface area contributed by atoms with Gasteiger partial charge in [0, 0.05) is 19.6 Å². The summed E-state index contributed by atoms with van der Waals surface area (Å²) in [7, 11) is -1.87. The number of rotatable bonds is 4. The maximum atomic E-state index is 12.6. The molecular weight excluding hydrogens is 324 g/mol. The maximum Gasteiger partial charge on any atom is 0.246 e. The SMILES string of the molecule is CN(C1CCNC1)S(=O)(=O)c1cnn(-c2ccccc2)c1.Cl. The Morgan fingerprint density at radius 3 is 2.68 bits per heavy atom. The predicted octanol–water partition coefficient (Wildman–Crippen LogP) is 1.28. The Hall–Kier alpha value is -1.41. The van der Waals surface area contributed by atoms with Gasteiger partial charge in [-0.1, -0.05) is 18.2 Å². The fraction of sp³-hybridized carbons (Fsp3) is 0.357. The van der Waals surface area contributed by atoms with Gasteiger partial charge in [0.15, 0.2) is 0 Å². The van der Waals surface area contributed by atoms with E-state index in [1.807, 2.05) is 30.3 Å². The van der Waals surface area contributed by atoms with Crippen LogP contribution >= 0.6 is 12.4 Å². The van der Waals surface area contributed by atoms with Gasteiger partial charge in [0.25, 0.3) is 0 Å². The summed E-state index contributed by atoms with van der Waals surface area (Å²) in [5, 5.41) is 7.34. The molecule has 0 radical (unpaired) electrons. The van der Waals surface area contributed by atoms with Gasteiger partial charge in [-0.25, -0.2) is 13.1 Å². The Kier molecular flexibility index (Phi) is 5.23. The molecule has 6 nitrogen and oxygen atoms in total. The fourth-order valence-electron chi connectivity index (χ4n) is 2.47. The van der Waals surface area contributed by atoms with Crippen LogP contribution in [0.15, 0.2) is 47.6 Å². The number of hydrogen-bond acceptors (Lipinski definition) is 4. The van der Waals surface area contributed by atoms with Gasteiger partial charge in [-0.15, -0.1) is 12.4 Å². The average Bonchev–Trinajstić information content (AvgIpc) is 3.19. The molecule has 1 saturated heterocycles. The van der Waals surface area contributed by atoms with Crippen molar-refractivity contribution in [2.45, 2.75) is 17.4 Å². The van der Waals surface area contributed by atoms with E-state index in [-0.39, 0.29) is 23.3 Å². The largest absolute Gasteiger partial charge is 0.315 e. The molecule has 2 aromatic rings. The van der Waals surface area contributed by atoms with Gasteiger partial charge in [-0.2, -0.15) is 9.40 Å². The summed E-state index contributed by atoms with van der Waals surface area (Å²) >= 11 is 0. The van der Waals surface area contributed by atoms with E-state index in [1.54, 1.807) is 17.9 Å². The van der Waals surface area contributed by atoms with Gasteiger partial charge in [0.2, 0.25) is 10.0 Å². The number of likely N-dealkylation sites (N-methyl/N-ethyl adjacent to an activating group) is 1. The van der Waals surface area contributed by atoms with E-state index >= 15 is 0 Å². The summed E-state index contributed by atoms with van der Waals surface area (Å²) in [6, 6.07) is 9.46. The number of halogens is 1. The van der Waals surface area contributed by atoms with Gasteiger partial charge in [-0.05, 0) is 25.1 Å². The van der Waals surface area contributed by atoms with E-state index in [0.29, 0.717) is 6.54 Å². The molecule has 8 heteroatoms. The van der Waals surface area contributed by atoms with Gasteiger partial charge in [-0.3, -0.25) is 0 Å². The molecule has 22 heavy (non-hydrogen) atoms. The minimum Gasteiger partial charge on any atom is -0.315 e. The Labute approximate surface area is 136 Å². The molecule has 1 unspecified atom stereocenters. The quantitative estimate of drug-likeness (QED) is 0.908. The van der Waals surface area contributed by atoms with Crippen molar-refractivity contribution in [3.63, 3.8) is 0 Å². The predicted molar refractivity (Wildman–Crippen MR) is 87.0 cm³/mol. The molecule has 1 N–H and O–H groups in total. The van der Waals surface area contributed by atoms with Crippen molar-refractivity contribution in [1.82, 2.24) is 19.4 Å². The first kappa shape index (κ1) is 17.0. The van der Waals surface area contributed by atoms with Crippen LogP contribution in [0.5, 0.6) is 0 Å². The van der Waals surface area contributed by atoms with Gasteiger partial charge >= 0.3 is 0 Å². The van der Waals surface area contributed by atoms with Gasteiger partial charge < -0.3 is 5.32 Å². The summed E-state index contributed by atoms with van der Waals surface area (Å²) in [6.45, 7) is 1.55. The fourth-order valence-corrected chi connectivity index (χ4v) is 3.79. The van der Waals surface area contributed by atoms with Crippen LogP contribution in [0.3, 0.4) is 0 Å². The summed E-state index contributed by atoms with van der Waals surface area (Å²) in [5.41, 5.74) is 0.837. The van der Waals surface area contributed by atoms with Crippen LogP contribution in [0.25, 0.3) is 5.69 Å². The van der Waals surface area contributed by atoms with E-state index in [2.05, 4.69) is 10.4 Å². The van der Waals surface area contributed by atoms with Gasteiger partial charge in [0.05, 0.1) is 18.1 Å². The molecule has 1 aromatic heterocycles. The van der Waals surface area contributed by atoms with Crippen LogP contribution in [0.2, 0.25) is 0 Å². The molecule has 1 aliphatic rings. The lowest BCUT2D eigenvalue weighted by molar-refractivity contribution is 0.388. The van der Waals surface area contributed by atoms with E-state index in [4.69, 9.17) is 0 Å². The van der Waals surface area contributed by atoms with Crippen molar-refractivity contribution in [3.8, 4) is 5.69 Å². The normalized spacial score (nSPS) is 18.4. The Morgan fingerprint density at radius 1 is 1.32 bits per heavy atom. The third-order valence-electron chi connectivity index (χ3n) is 3.81. The first-order valence-corrected chi connectivity index (χ1v) is 8.32. The van der Waals surface area contributed by atoms with Crippen molar-refractivity contribution in [1.29, 1.82) is 0 Å². The highest BCUT2D eigenvalue weighted by atomic mass is 35.5. The number of benzene rings is 1. The zero-order valence-corrected chi connectivity index (χ0v) is 13.8. The smallest absolute Gasteiger partial charge is 0.246 e. The van der Waals surface area contributed by atoms with E-state index in [1.165, 1.54) is 10.5 Å². The highest BCUT2D eigenvalue weighted by Gasteiger charge is 2.30. The topological polar surface area (TPSA) is 67.2 Å². The van der Waals surface area contributed by atoms with Crippen LogP contribution in [-0.2, 0) is 10.0 Å². The Morgan fingerprint density at radius 2 is 2.05 bits per heavy atom. The van der Waals surface area contributed by atoms with E-state index in [0.717, 1.165) is 18.7 Å². The second-order valence-electron chi connectivity index (χ2n) is 5.12. The van der Waals surface area contributed by atoms with Gasteiger partial charge in [0.1, 0.15) is 4.90 Å². The monoisotopic (exact) mass is 342 g/mol. The Balaban J connectivity index is 0.00000176. The number of aromatic nitrogens is 2. The van der Waals surface area contributed by atoms with E-state index < -0.39 is 10.0 Å². The molecule has 1 aliphatic heterocycles. The molecule has 0 amide bonds. The maximum absolute atomic E-state index is 12.6. The van der Waals surface area contributed by atoms with Crippen molar-refractivity contribution >= 4 is 22.4 Å². The first-order chi connectivity index (χ1) is 10.1. The van der Waals surface area contributed by atoms with Crippen molar-refractivity contribution in [3.05, 3.63) is 42.7 Å². The molecule has 0 spiro atoms. The number of nitrogens with zero attached hydrogens (tertiary/aromatic N) is 3. The summed E-state index contributed by atoms with van der Waals surface area (Å²) in [6.07, 6.45) is 3.80. The molecular formula is C14H19ClN4O2S. The number of nitrogens with one attached hydrogen (secondary N) is 1. The lowest BCUT2D eigenvalue weighted by atomic mass is 10.3. The standard InChI is InChI=1S/C14H18N4O2S.ClH/c1-17(13-7-8-15-9-13)21(19,20)14-10-16-18(11-14)12-5-3-2-4-6-12;/h2-6,10-11,13,15H,7-9H2,1H3;1H. The van der Waals surface area contributed by atoms with Crippen molar-refractivity contribution < 1.29 is 8.42 Å². The van der Waals surface area contributed by atoms with Crippen molar-refractivity contribution in [2.24, 2.45) is 0 Å². The second kappa shape index (κ2) is 6.78. The minimum atomic E-state index is -3.50. The highest BCUT2D eigenvalue weighted by Crippen LogP contribution is 2.19. The van der Waals surface area contributed by atoms with Crippen LogP contribution in [-0.4, -0.2) is 48.7 Å². The molecule has 0 aliphatic carbocycles. The lowest BCUT2D eigenvalue weighted by Gasteiger charge is -2.22. The van der Waals surface area contributed by atoms with Crippen molar-refractivity contribution in [2.75, 3.05) is 20.1 Å². The lowest BCUT2D eigenvalue weighted by Crippen LogP contribution is -2.38. The van der Waals surface area contributed by atoms with Crippen LogP contribution in [0, 0.1) is 0 Å². The first-order valence-electron chi connectivity index (χ1n) is 6.88. The molecule has 0 saturated carbocycles. The number of hydrogen-bond donors (Lipinski definition) is 1. The second-order valence-corrected chi connectivity index (χ2v) is 7.12. The molecule has 1 aromatic carbocycles. The molecule has 0 bridgehead atoms. The molecule has 2 heterocycles. The summed E-state index contributed by atoms with van der Waals surface area (Å²) in [4.78, 5) is 0.223. The van der Waals surface area contributed by atoms with Crippen LogP contribution in [0.1, 0.15) is 6.42 Å². The molecule has 3 rings (SSSR count). The number of para-hydroxylation sites is 1. The summed E-state index contributed by atoms with van der Waals surface area (Å²) in [5.74, 6) is 0. The molecule has 120 valence electrons. The van der Waals surface area contributed by atoms with E-state index in [9.17, 15) is 8.42 Å². The van der Waals surface area contributed by atoms with Crippen LogP contribution < -0.4 is 5.32 Å². The zero-order valence-electron chi connectivity index (χ0n) is 12.2. The average molecular weight is 343 g/mol. The number of sulfonamides is 1. The summed E-state index contributed by atoms with van der Waals surface area (Å²) < 4.78 is 28.2. The van der Waals surface area contributed by atoms with Crippen LogP contribution in [0.4, 0.5) is 0 Å². The highest BCUT2D eigenvalue weighted by molar-refractivity contribution is 7.89. The third-order valence-corrected chi connectivity index (χ3v) is 5.67. The zero-order chi connectivity index (χ0) is 14.9. The third kappa shape index (κ3) is 3.17. The molecule has 1 fully saturated rings. The Bertz CT molecular complexity index is 711.